The number of likely N-dealkylation sites (N-methyl/N-ethyl adjacent to an activating group) is 1. The van der Waals surface area contributed by atoms with Gasteiger partial charge in [-0.25, -0.2) is 0 Å². The molecule has 0 saturated carbocycles. The van der Waals surface area contributed by atoms with Crippen molar-refractivity contribution in [2.45, 2.75) is 32.4 Å². The van der Waals surface area contributed by atoms with Gasteiger partial charge in [-0.3, -0.25) is 9.59 Å². The summed E-state index contributed by atoms with van der Waals surface area (Å²) < 4.78 is 0. The number of thiophene rings is 1. The number of hydrogen-bond acceptors (Lipinski definition) is 4. The molecule has 1 heterocycles. The van der Waals surface area contributed by atoms with E-state index in [0.717, 1.165) is 11.1 Å². The fourth-order valence-corrected chi connectivity index (χ4v) is 3.71. The minimum absolute atomic E-state index is 0.0762. The number of rotatable bonds is 8. The zero-order chi connectivity index (χ0) is 19.1. The first kappa shape index (κ1) is 20.1. The summed E-state index contributed by atoms with van der Waals surface area (Å²) in [5.74, 6) is -0.221. The molecule has 0 radical (unpaired) electrons. The van der Waals surface area contributed by atoms with Gasteiger partial charge in [0.1, 0.15) is 0 Å². The van der Waals surface area contributed by atoms with Crippen molar-refractivity contribution >= 4 is 23.2 Å². The lowest BCUT2D eigenvalue weighted by molar-refractivity contribution is -0.123. The molecule has 5 nitrogen and oxygen atoms in total. The number of amides is 2. The highest BCUT2D eigenvalue weighted by Gasteiger charge is 2.20. The van der Waals surface area contributed by atoms with Crippen LogP contribution >= 0.6 is 11.3 Å². The first-order valence-electron chi connectivity index (χ1n) is 8.67. The van der Waals surface area contributed by atoms with E-state index in [1.54, 1.807) is 11.3 Å². The Bertz CT molecular complexity index is 711. The van der Waals surface area contributed by atoms with Crippen LogP contribution in [0.3, 0.4) is 0 Å². The molecule has 26 heavy (non-hydrogen) atoms. The van der Waals surface area contributed by atoms with E-state index in [9.17, 15) is 9.59 Å². The number of hydrogen-bond donors (Lipinski definition) is 2. The van der Waals surface area contributed by atoms with Gasteiger partial charge in [0.15, 0.2) is 0 Å². The largest absolute Gasteiger partial charge is 0.354 e. The van der Waals surface area contributed by atoms with Gasteiger partial charge in [-0.1, -0.05) is 35.9 Å². The number of carbonyl (C=O) groups is 2. The maximum atomic E-state index is 12.5. The molecule has 1 aromatic heterocycles. The van der Waals surface area contributed by atoms with Crippen LogP contribution in [0.25, 0.3) is 0 Å². The number of aryl methyl sites for hydroxylation is 1. The summed E-state index contributed by atoms with van der Waals surface area (Å²) in [5.41, 5.74) is 2.08. The van der Waals surface area contributed by atoms with Crippen molar-refractivity contribution in [2.24, 2.45) is 0 Å². The van der Waals surface area contributed by atoms with E-state index in [2.05, 4.69) is 21.6 Å². The van der Waals surface area contributed by atoms with Crippen LogP contribution in [-0.4, -0.2) is 37.4 Å². The zero-order valence-corrected chi connectivity index (χ0v) is 16.6. The van der Waals surface area contributed by atoms with E-state index in [0.29, 0.717) is 6.54 Å². The van der Waals surface area contributed by atoms with E-state index in [1.807, 2.05) is 56.7 Å². The van der Waals surface area contributed by atoms with Crippen LogP contribution in [0.1, 0.15) is 41.4 Å². The van der Waals surface area contributed by atoms with Crippen LogP contribution in [0.4, 0.5) is 0 Å². The van der Waals surface area contributed by atoms with Crippen LogP contribution < -0.4 is 10.6 Å². The van der Waals surface area contributed by atoms with E-state index in [-0.39, 0.29) is 30.3 Å². The summed E-state index contributed by atoms with van der Waals surface area (Å²) in [4.78, 5) is 27.3. The second-order valence-corrected chi connectivity index (χ2v) is 7.65. The first-order chi connectivity index (χ1) is 12.4. The summed E-state index contributed by atoms with van der Waals surface area (Å²) >= 11 is 1.68. The lowest BCUT2D eigenvalue weighted by Crippen LogP contribution is -2.37. The van der Waals surface area contributed by atoms with Crippen LogP contribution in [0.15, 0.2) is 41.8 Å². The molecule has 6 heteroatoms. The van der Waals surface area contributed by atoms with Gasteiger partial charge in [0.05, 0.1) is 18.5 Å². The topological polar surface area (TPSA) is 61.4 Å². The Hall–Kier alpha value is -2.18. The van der Waals surface area contributed by atoms with Gasteiger partial charge in [-0.2, -0.15) is 0 Å². The molecule has 2 N–H and O–H groups in total. The van der Waals surface area contributed by atoms with Crippen molar-refractivity contribution in [3.8, 4) is 0 Å². The highest BCUT2D eigenvalue weighted by molar-refractivity contribution is 7.10. The van der Waals surface area contributed by atoms with Gasteiger partial charge in [-0.15, -0.1) is 11.3 Å². The minimum Gasteiger partial charge on any atom is -0.354 e. The highest BCUT2D eigenvalue weighted by atomic mass is 32.1. The number of nitrogens with zero attached hydrogens (tertiary/aromatic N) is 1. The number of nitrogens with one attached hydrogen (secondary N) is 2. The van der Waals surface area contributed by atoms with Gasteiger partial charge < -0.3 is 15.5 Å². The van der Waals surface area contributed by atoms with E-state index in [4.69, 9.17) is 0 Å². The molecule has 1 aromatic carbocycles. The second-order valence-electron chi connectivity index (χ2n) is 6.67. The monoisotopic (exact) mass is 373 g/mol. The van der Waals surface area contributed by atoms with Crippen molar-refractivity contribution in [3.63, 3.8) is 0 Å². The second kappa shape index (κ2) is 9.50. The number of benzene rings is 1. The molecular formula is C20H27N3O2S. The molecular weight excluding hydrogens is 346 g/mol. The first-order valence-corrected chi connectivity index (χ1v) is 9.55. The molecule has 0 aliphatic carbocycles. The fraction of sp³-hybridized carbons (Fsp3) is 0.400. The zero-order valence-electron chi connectivity index (χ0n) is 15.8. The Morgan fingerprint density at radius 3 is 2.38 bits per heavy atom. The molecule has 2 amide bonds. The van der Waals surface area contributed by atoms with Crippen molar-refractivity contribution in [3.05, 3.63) is 57.8 Å². The lowest BCUT2D eigenvalue weighted by Gasteiger charge is -2.24. The lowest BCUT2D eigenvalue weighted by atomic mass is 10.0. The van der Waals surface area contributed by atoms with Gasteiger partial charge in [-0.05, 0) is 38.0 Å². The Balaban J connectivity index is 2.00. The third kappa shape index (κ3) is 5.97. The molecule has 0 bridgehead atoms. The molecule has 2 atom stereocenters. The van der Waals surface area contributed by atoms with Crippen LogP contribution in [0, 0.1) is 6.92 Å². The van der Waals surface area contributed by atoms with Crippen LogP contribution in [0.2, 0.25) is 0 Å². The van der Waals surface area contributed by atoms with Gasteiger partial charge >= 0.3 is 0 Å². The molecule has 140 valence electrons. The van der Waals surface area contributed by atoms with E-state index < -0.39 is 0 Å². The Morgan fingerprint density at radius 1 is 1.15 bits per heavy atom. The van der Waals surface area contributed by atoms with Gasteiger partial charge in [0, 0.05) is 18.3 Å². The Labute approximate surface area is 159 Å². The third-order valence-corrected chi connectivity index (χ3v) is 5.21. The fourth-order valence-electron chi connectivity index (χ4n) is 2.78. The molecule has 0 aliphatic heterocycles. The smallest absolute Gasteiger partial charge is 0.222 e. The Kier molecular flexibility index (Phi) is 7.36. The van der Waals surface area contributed by atoms with Gasteiger partial charge in [0.2, 0.25) is 11.8 Å². The van der Waals surface area contributed by atoms with Crippen molar-refractivity contribution < 1.29 is 9.59 Å². The predicted octanol–water partition coefficient (Wildman–Crippen LogP) is 3.04. The summed E-state index contributed by atoms with van der Waals surface area (Å²) in [6, 6.07) is 11.8. The van der Waals surface area contributed by atoms with Crippen molar-refractivity contribution in [1.82, 2.24) is 15.5 Å². The SMILES string of the molecule is CC(=O)N[C@@H](CC(=O)NC[C@H](c1cccs1)N(C)C)c1ccc(C)cc1. The average Bonchev–Trinajstić information content (AvgIpc) is 3.08. The maximum absolute atomic E-state index is 12.5. The summed E-state index contributed by atoms with van der Waals surface area (Å²) in [6.45, 7) is 4.01. The van der Waals surface area contributed by atoms with Crippen LogP contribution in [0.5, 0.6) is 0 Å². The van der Waals surface area contributed by atoms with Gasteiger partial charge in [0.25, 0.3) is 0 Å². The normalized spacial score (nSPS) is 13.3. The Morgan fingerprint density at radius 2 is 1.85 bits per heavy atom. The van der Waals surface area contributed by atoms with E-state index in [1.165, 1.54) is 11.8 Å². The summed E-state index contributed by atoms with van der Waals surface area (Å²) in [5, 5.41) is 7.93. The predicted molar refractivity (Wildman–Crippen MR) is 106 cm³/mol. The molecule has 2 aromatic rings. The molecule has 2 rings (SSSR count). The molecule has 0 spiro atoms. The summed E-state index contributed by atoms with van der Waals surface area (Å²) in [6.07, 6.45) is 0.216. The molecule has 0 fully saturated rings. The van der Waals surface area contributed by atoms with Crippen molar-refractivity contribution in [1.29, 1.82) is 0 Å². The molecule has 0 aliphatic rings. The highest BCUT2D eigenvalue weighted by Crippen LogP contribution is 2.23. The van der Waals surface area contributed by atoms with Crippen molar-refractivity contribution in [2.75, 3.05) is 20.6 Å². The minimum atomic E-state index is -0.326. The molecule has 0 unspecified atom stereocenters. The summed E-state index contributed by atoms with van der Waals surface area (Å²) in [7, 11) is 4.01. The quantitative estimate of drug-likeness (QED) is 0.748. The average molecular weight is 374 g/mol. The van der Waals surface area contributed by atoms with E-state index >= 15 is 0 Å². The number of carbonyl (C=O) groups excluding carboxylic acids is 2. The van der Waals surface area contributed by atoms with Crippen LogP contribution in [-0.2, 0) is 9.59 Å². The maximum Gasteiger partial charge on any atom is 0.222 e. The molecule has 0 saturated heterocycles. The third-order valence-electron chi connectivity index (χ3n) is 4.23. The standard InChI is InChI=1S/C20H27N3O2S/c1-14-7-9-16(10-8-14)17(22-15(2)24)12-20(25)21-13-18(23(3)4)19-6-5-11-26-19/h5-11,17-18H,12-13H2,1-4H3,(H,21,25)(H,22,24)/t17-,18+/m0/s1.